The van der Waals surface area contributed by atoms with Crippen molar-refractivity contribution in [2.75, 3.05) is 13.1 Å². The molecule has 1 aliphatic rings. The first-order chi connectivity index (χ1) is 11.1. The zero-order chi connectivity index (χ0) is 16.4. The highest BCUT2D eigenvalue weighted by atomic mass is 16.4. The Labute approximate surface area is 133 Å². The predicted octanol–water partition coefficient (Wildman–Crippen LogP) is 1.45. The van der Waals surface area contributed by atoms with Crippen LogP contribution in [0.2, 0.25) is 0 Å². The maximum Gasteiger partial charge on any atom is 0.306 e. The molecule has 1 aromatic carbocycles. The summed E-state index contributed by atoms with van der Waals surface area (Å²) < 4.78 is 1.56. The molecule has 1 N–H and O–H groups in total. The van der Waals surface area contributed by atoms with Gasteiger partial charge in [0.2, 0.25) is 0 Å². The van der Waals surface area contributed by atoms with Crippen LogP contribution in [0.15, 0.2) is 36.5 Å². The van der Waals surface area contributed by atoms with Gasteiger partial charge in [0, 0.05) is 13.1 Å². The molecule has 1 saturated heterocycles. The number of rotatable bonds is 3. The molecule has 0 radical (unpaired) electrons. The quantitative estimate of drug-likeness (QED) is 0.926. The van der Waals surface area contributed by atoms with Crippen molar-refractivity contribution in [1.29, 1.82) is 0 Å². The first-order valence-corrected chi connectivity index (χ1v) is 7.56. The average Bonchev–Trinajstić information content (AvgIpc) is 3.04. The minimum absolute atomic E-state index is 0.0747. The Balaban J connectivity index is 1.72. The van der Waals surface area contributed by atoms with E-state index in [0.29, 0.717) is 19.5 Å². The molecule has 0 bridgehead atoms. The molecule has 7 heteroatoms. The third-order valence-corrected chi connectivity index (χ3v) is 4.24. The molecule has 0 spiro atoms. The van der Waals surface area contributed by atoms with Crippen molar-refractivity contribution in [1.82, 2.24) is 19.9 Å². The van der Waals surface area contributed by atoms with E-state index in [0.717, 1.165) is 5.69 Å². The van der Waals surface area contributed by atoms with Crippen molar-refractivity contribution in [2.45, 2.75) is 13.3 Å². The molecule has 2 heterocycles. The molecule has 2 aromatic rings. The van der Waals surface area contributed by atoms with E-state index in [-0.39, 0.29) is 23.4 Å². The van der Waals surface area contributed by atoms with Gasteiger partial charge in [-0.15, -0.1) is 5.10 Å². The van der Waals surface area contributed by atoms with Crippen LogP contribution in [0.1, 0.15) is 23.8 Å². The van der Waals surface area contributed by atoms with E-state index >= 15 is 0 Å². The number of nitrogens with zero attached hydrogens (tertiary/aromatic N) is 4. The summed E-state index contributed by atoms with van der Waals surface area (Å²) in [5.41, 5.74) is 1.10. The molecule has 1 aromatic heterocycles. The molecule has 0 saturated carbocycles. The topological polar surface area (TPSA) is 88.3 Å². The van der Waals surface area contributed by atoms with Crippen LogP contribution in [-0.2, 0) is 4.79 Å². The number of likely N-dealkylation sites (tertiary alicyclic amines) is 1. The van der Waals surface area contributed by atoms with Gasteiger partial charge in [0.25, 0.3) is 5.91 Å². The molecule has 2 atom stereocenters. The molecular formula is C16H18N4O3. The third kappa shape index (κ3) is 3.08. The van der Waals surface area contributed by atoms with Crippen LogP contribution in [-0.4, -0.2) is 50.0 Å². The smallest absolute Gasteiger partial charge is 0.306 e. The van der Waals surface area contributed by atoms with Gasteiger partial charge in [0.05, 0.1) is 17.8 Å². The summed E-state index contributed by atoms with van der Waals surface area (Å²) >= 11 is 0. The van der Waals surface area contributed by atoms with Crippen molar-refractivity contribution in [3.63, 3.8) is 0 Å². The molecule has 0 aliphatic carbocycles. The van der Waals surface area contributed by atoms with Gasteiger partial charge in [-0.1, -0.05) is 30.3 Å². The second-order valence-electron chi connectivity index (χ2n) is 5.85. The van der Waals surface area contributed by atoms with Crippen molar-refractivity contribution in [3.8, 4) is 5.69 Å². The van der Waals surface area contributed by atoms with Crippen molar-refractivity contribution >= 4 is 11.9 Å². The fourth-order valence-electron chi connectivity index (χ4n) is 2.93. The van der Waals surface area contributed by atoms with Crippen LogP contribution in [0.3, 0.4) is 0 Å². The van der Waals surface area contributed by atoms with Gasteiger partial charge in [-0.3, -0.25) is 9.59 Å². The van der Waals surface area contributed by atoms with Crippen molar-refractivity contribution in [3.05, 3.63) is 42.2 Å². The Hall–Kier alpha value is -2.70. The van der Waals surface area contributed by atoms with Gasteiger partial charge in [-0.2, -0.15) is 0 Å². The van der Waals surface area contributed by atoms with Crippen LogP contribution >= 0.6 is 0 Å². The summed E-state index contributed by atoms with van der Waals surface area (Å²) in [6, 6.07) is 9.43. The predicted molar refractivity (Wildman–Crippen MR) is 82.2 cm³/mol. The van der Waals surface area contributed by atoms with Gasteiger partial charge in [0.15, 0.2) is 5.69 Å². The zero-order valence-corrected chi connectivity index (χ0v) is 12.8. The molecule has 3 rings (SSSR count). The van der Waals surface area contributed by atoms with E-state index in [2.05, 4.69) is 10.3 Å². The van der Waals surface area contributed by atoms with E-state index in [1.165, 1.54) is 0 Å². The van der Waals surface area contributed by atoms with Crippen LogP contribution < -0.4 is 0 Å². The third-order valence-electron chi connectivity index (χ3n) is 4.24. The Morgan fingerprint density at radius 2 is 2.00 bits per heavy atom. The molecule has 1 aliphatic heterocycles. The first kappa shape index (κ1) is 15.2. The van der Waals surface area contributed by atoms with E-state index in [1.54, 1.807) is 15.8 Å². The Morgan fingerprint density at radius 3 is 2.65 bits per heavy atom. The largest absolute Gasteiger partial charge is 0.481 e. The highest BCUT2D eigenvalue weighted by Crippen LogP contribution is 2.24. The lowest BCUT2D eigenvalue weighted by atomic mass is 9.87. The molecule has 23 heavy (non-hydrogen) atoms. The summed E-state index contributed by atoms with van der Waals surface area (Å²) in [5, 5.41) is 17.1. The van der Waals surface area contributed by atoms with Crippen LogP contribution in [0.4, 0.5) is 0 Å². The van der Waals surface area contributed by atoms with Gasteiger partial charge in [0.1, 0.15) is 0 Å². The summed E-state index contributed by atoms with van der Waals surface area (Å²) in [6.07, 6.45) is 2.07. The second kappa shape index (κ2) is 6.20. The highest BCUT2D eigenvalue weighted by Gasteiger charge is 2.33. The second-order valence-corrected chi connectivity index (χ2v) is 5.85. The number of benzene rings is 1. The Bertz CT molecular complexity index is 713. The molecule has 7 nitrogen and oxygen atoms in total. The molecule has 1 amide bonds. The Kier molecular flexibility index (Phi) is 4.10. The number of para-hydroxylation sites is 1. The van der Waals surface area contributed by atoms with E-state index in [4.69, 9.17) is 5.11 Å². The number of carboxylic acid groups (broad SMARTS) is 1. The summed E-state index contributed by atoms with van der Waals surface area (Å²) in [6.45, 7) is 2.71. The number of hydrogen-bond donors (Lipinski definition) is 1. The highest BCUT2D eigenvalue weighted by molar-refractivity contribution is 5.92. The lowest BCUT2D eigenvalue weighted by Gasteiger charge is -2.34. The fourth-order valence-corrected chi connectivity index (χ4v) is 2.93. The van der Waals surface area contributed by atoms with Crippen LogP contribution in [0.5, 0.6) is 0 Å². The minimum atomic E-state index is -0.792. The molecule has 1 fully saturated rings. The lowest BCUT2D eigenvalue weighted by Crippen LogP contribution is -2.45. The normalized spacial score (nSPS) is 21.2. The number of carboxylic acids is 1. The molecular weight excluding hydrogens is 296 g/mol. The first-order valence-electron chi connectivity index (χ1n) is 7.56. The SMILES string of the molecule is CC1CN(C(=O)c2cn(-c3ccccc3)nn2)CCC1C(=O)O. The summed E-state index contributed by atoms with van der Waals surface area (Å²) in [7, 11) is 0. The van der Waals surface area contributed by atoms with Crippen LogP contribution in [0, 0.1) is 11.8 Å². The van der Waals surface area contributed by atoms with Gasteiger partial charge in [-0.25, -0.2) is 4.68 Å². The number of carbonyl (C=O) groups excluding carboxylic acids is 1. The van der Waals surface area contributed by atoms with Gasteiger partial charge >= 0.3 is 5.97 Å². The van der Waals surface area contributed by atoms with Gasteiger partial charge < -0.3 is 10.0 Å². The number of carbonyl (C=O) groups is 2. The Morgan fingerprint density at radius 1 is 1.26 bits per heavy atom. The number of aliphatic carboxylic acids is 1. The molecule has 120 valence electrons. The maximum atomic E-state index is 12.5. The lowest BCUT2D eigenvalue weighted by molar-refractivity contribution is -0.145. The monoisotopic (exact) mass is 314 g/mol. The number of amides is 1. The van der Waals surface area contributed by atoms with Gasteiger partial charge in [-0.05, 0) is 24.5 Å². The fraction of sp³-hybridized carbons (Fsp3) is 0.375. The average molecular weight is 314 g/mol. The van der Waals surface area contributed by atoms with Crippen LogP contribution in [0.25, 0.3) is 5.69 Å². The number of piperidine rings is 1. The van der Waals surface area contributed by atoms with E-state index in [1.807, 2.05) is 37.3 Å². The zero-order valence-electron chi connectivity index (χ0n) is 12.8. The number of aromatic nitrogens is 3. The van der Waals surface area contributed by atoms with E-state index in [9.17, 15) is 9.59 Å². The summed E-state index contributed by atoms with van der Waals surface area (Å²) in [4.78, 5) is 25.3. The van der Waals surface area contributed by atoms with E-state index < -0.39 is 5.97 Å². The maximum absolute atomic E-state index is 12.5. The van der Waals surface area contributed by atoms with Crippen molar-refractivity contribution < 1.29 is 14.7 Å². The summed E-state index contributed by atoms with van der Waals surface area (Å²) in [5.74, 6) is -1.46. The number of hydrogen-bond acceptors (Lipinski definition) is 4. The van der Waals surface area contributed by atoms with Crippen molar-refractivity contribution in [2.24, 2.45) is 11.8 Å². The standard InChI is InChI=1S/C16H18N4O3/c1-11-9-19(8-7-13(11)16(22)23)15(21)14-10-20(18-17-14)12-5-3-2-4-6-12/h2-6,10-11,13H,7-9H2,1H3,(H,22,23). The molecule has 2 unspecified atom stereocenters. The minimum Gasteiger partial charge on any atom is -0.481 e.